The molecule has 5 heteroatoms. The summed E-state index contributed by atoms with van der Waals surface area (Å²) in [5.74, 6) is 2.64. The number of hydrogen-bond acceptors (Lipinski definition) is 4. The third-order valence-electron chi connectivity index (χ3n) is 4.66. The van der Waals surface area contributed by atoms with Crippen LogP contribution in [0.2, 0.25) is 0 Å². The maximum atomic E-state index is 6.14. The summed E-state index contributed by atoms with van der Waals surface area (Å²) in [6, 6.07) is 0. The van der Waals surface area contributed by atoms with Crippen molar-refractivity contribution in [3.8, 4) is 0 Å². The van der Waals surface area contributed by atoms with Gasteiger partial charge in [0, 0.05) is 13.6 Å². The molecule has 5 nitrogen and oxygen atoms in total. The second kappa shape index (κ2) is 6.01. The van der Waals surface area contributed by atoms with Crippen LogP contribution in [0, 0.1) is 12.8 Å². The number of aryl methyl sites for hydroxylation is 1. The van der Waals surface area contributed by atoms with Crippen molar-refractivity contribution in [2.24, 2.45) is 18.7 Å². The average molecular weight is 266 g/mol. The Morgan fingerprint density at radius 1 is 1.37 bits per heavy atom. The molecule has 2 rings (SSSR count). The molecule has 0 amide bonds. The van der Waals surface area contributed by atoms with E-state index in [2.05, 4.69) is 17.1 Å². The SMILES string of the molecule is CCC1CCC(CN)(OCc2nnc(C)n2C)CC1. The summed E-state index contributed by atoms with van der Waals surface area (Å²) in [7, 11) is 1.97. The van der Waals surface area contributed by atoms with Crippen molar-refractivity contribution in [3.63, 3.8) is 0 Å². The largest absolute Gasteiger partial charge is 0.366 e. The van der Waals surface area contributed by atoms with Crippen molar-refractivity contribution in [2.45, 2.75) is 58.2 Å². The van der Waals surface area contributed by atoms with Crippen LogP contribution in [-0.4, -0.2) is 26.9 Å². The molecule has 1 heterocycles. The predicted octanol–water partition coefficient (Wildman–Crippen LogP) is 1.94. The van der Waals surface area contributed by atoms with Gasteiger partial charge in [-0.05, 0) is 38.5 Å². The van der Waals surface area contributed by atoms with Crippen LogP contribution >= 0.6 is 0 Å². The summed E-state index contributed by atoms with van der Waals surface area (Å²) in [4.78, 5) is 0. The van der Waals surface area contributed by atoms with Crippen LogP contribution in [0.25, 0.3) is 0 Å². The number of rotatable bonds is 5. The Bertz CT molecular complexity index is 408. The first-order valence-electron chi connectivity index (χ1n) is 7.29. The maximum absolute atomic E-state index is 6.14. The van der Waals surface area contributed by atoms with Gasteiger partial charge in [0.25, 0.3) is 0 Å². The lowest BCUT2D eigenvalue weighted by Crippen LogP contribution is -2.44. The fourth-order valence-corrected chi connectivity index (χ4v) is 2.81. The highest BCUT2D eigenvalue weighted by molar-refractivity contribution is 4.93. The first-order chi connectivity index (χ1) is 9.10. The molecule has 1 aliphatic carbocycles. The van der Waals surface area contributed by atoms with E-state index in [1.54, 1.807) is 0 Å². The van der Waals surface area contributed by atoms with Gasteiger partial charge in [0.1, 0.15) is 12.4 Å². The van der Waals surface area contributed by atoms with E-state index in [1.165, 1.54) is 19.3 Å². The number of hydrogen-bond donors (Lipinski definition) is 1. The predicted molar refractivity (Wildman–Crippen MR) is 74.6 cm³/mol. The Balaban J connectivity index is 1.94. The van der Waals surface area contributed by atoms with Gasteiger partial charge < -0.3 is 15.0 Å². The zero-order chi connectivity index (χ0) is 13.9. The number of aromatic nitrogens is 3. The molecule has 19 heavy (non-hydrogen) atoms. The first kappa shape index (κ1) is 14.5. The fourth-order valence-electron chi connectivity index (χ4n) is 2.81. The molecule has 0 aromatic carbocycles. The topological polar surface area (TPSA) is 66.0 Å². The maximum Gasteiger partial charge on any atom is 0.158 e. The monoisotopic (exact) mass is 266 g/mol. The minimum Gasteiger partial charge on any atom is -0.366 e. The molecule has 1 aromatic heterocycles. The highest BCUT2D eigenvalue weighted by Crippen LogP contribution is 2.36. The summed E-state index contributed by atoms with van der Waals surface area (Å²) in [5, 5.41) is 8.20. The van der Waals surface area contributed by atoms with Crippen LogP contribution in [0.3, 0.4) is 0 Å². The molecule has 108 valence electrons. The van der Waals surface area contributed by atoms with Gasteiger partial charge in [0.05, 0.1) is 5.60 Å². The van der Waals surface area contributed by atoms with Gasteiger partial charge >= 0.3 is 0 Å². The molecule has 0 saturated heterocycles. The van der Waals surface area contributed by atoms with Crippen LogP contribution in [0.4, 0.5) is 0 Å². The van der Waals surface area contributed by atoms with E-state index in [9.17, 15) is 0 Å². The first-order valence-corrected chi connectivity index (χ1v) is 7.29. The van der Waals surface area contributed by atoms with E-state index >= 15 is 0 Å². The molecular formula is C14H26N4O. The highest BCUT2D eigenvalue weighted by Gasteiger charge is 2.34. The lowest BCUT2D eigenvalue weighted by molar-refractivity contribution is -0.0841. The van der Waals surface area contributed by atoms with Gasteiger partial charge in [-0.3, -0.25) is 0 Å². The Hall–Kier alpha value is -0.940. The molecule has 1 fully saturated rings. The van der Waals surface area contributed by atoms with Crippen LogP contribution in [-0.2, 0) is 18.4 Å². The standard InChI is InChI=1S/C14H26N4O/c1-4-12-5-7-14(10-15,8-6-12)19-9-13-17-16-11(2)18(13)3/h12H,4-10,15H2,1-3H3. The quantitative estimate of drug-likeness (QED) is 0.884. The van der Waals surface area contributed by atoms with Gasteiger partial charge in [-0.15, -0.1) is 10.2 Å². The van der Waals surface area contributed by atoms with E-state index in [0.29, 0.717) is 13.2 Å². The molecule has 2 N–H and O–H groups in total. The number of nitrogens with zero attached hydrogens (tertiary/aromatic N) is 3. The Morgan fingerprint density at radius 3 is 2.53 bits per heavy atom. The minimum absolute atomic E-state index is 0.147. The third kappa shape index (κ3) is 3.15. The van der Waals surface area contributed by atoms with E-state index in [0.717, 1.165) is 30.4 Å². The summed E-state index contributed by atoms with van der Waals surface area (Å²) in [6.07, 6.45) is 5.86. The molecule has 0 spiro atoms. The van der Waals surface area contributed by atoms with Crippen LogP contribution in [0.15, 0.2) is 0 Å². The van der Waals surface area contributed by atoms with Crippen LogP contribution in [0.5, 0.6) is 0 Å². The molecular weight excluding hydrogens is 240 g/mol. The van der Waals surface area contributed by atoms with E-state index in [4.69, 9.17) is 10.5 Å². The van der Waals surface area contributed by atoms with Gasteiger partial charge in [-0.2, -0.15) is 0 Å². The average Bonchev–Trinajstić information content (AvgIpc) is 2.77. The highest BCUT2D eigenvalue weighted by atomic mass is 16.5. The Labute approximate surface area is 115 Å². The summed E-state index contributed by atoms with van der Waals surface area (Å²) < 4.78 is 8.12. The summed E-state index contributed by atoms with van der Waals surface area (Å²) in [6.45, 7) is 5.32. The van der Waals surface area contributed by atoms with Crippen LogP contribution < -0.4 is 5.73 Å². The summed E-state index contributed by atoms with van der Waals surface area (Å²) in [5.41, 5.74) is 5.82. The third-order valence-corrected chi connectivity index (χ3v) is 4.66. The van der Waals surface area contributed by atoms with E-state index in [-0.39, 0.29) is 5.60 Å². The second-order valence-electron chi connectivity index (χ2n) is 5.75. The molecule has 0 unspecified atom stereocenters. The molecule has 0 radical (unpaired) electrons. The lowest BCUT2D eigenvalue weighted by Gasteiger charge is -2.39. The van der Waals surface area contributed by atoms with Gasteiger partial charge in [-0.25, -0.2) is 0 Å². The van der Waals surface area contributed by atoms with Crippen molar-refractivity contribution in [1.29, 1.82) is 0 Å². The molecule has 1 aliphatic rings. The lowest BCUT2D eigenvalue weighted by atomic mass is 9.77. The number of nitrogens with two attached hydrogens (primary N) is 1. The zero-order valence-electron chi connectivity index (χ0n) is 12.4. The molecule has 0 aliphatic heterocycles. The molecule has 0 atom stereocenters. The number of ether oxygens (including phenoxy) is 1. The normalized spacial score (nSPS) is 27.7. The molecule has 1 aromatic rings. The summed E-state index contributed by atoms with van der Waals surface area (Å²) >= 11 is 0. The van der Waals surface area contributed by atoms with Gasteiger partial charge in [-0.1, -0.05) is 13.3 Å². The fraction of sp³-hybridized carbons (Fsp3) is 0.857. The van der Waals surface area contributed by atoms with Crippen molar-refractivity contribution in [3.05, 3.63) is 11.6 Å². The van der Waals surface area contributed by atoms with E-state index < -0.39 is 0 Å². The Morgan fingerprint density at radius 2 is 2.05 bits per heavy atom. The zero-order valence-corrected chi connectivity index (χ0v) is 12.4. The van der Waals surface area contributed by atoms with Crippen LogP contribution in [0.1, 0.15) is 50.7 Å². The van der Waals surface area contributed by atoms with Crippen molar-refractivity contribution in [1.82, 2.24) is 14.8 Å². The Kier molecular flexibility index (Phi) is 4.58. The van der Waals surface area contributed by atoms with Crippen molar-refractivity contribution < 1.29 is 4.74 Å². The smallest absolute Gasteiger partial charge is 0.158 e. The van der Waals surface area contributed by atoms with E-state index in [1.807, 2.05) is 18.5 Å². The van der Waals surface area contributed by atoms with Crippen molar-refractivity contribution >= 4 is 0 Å². The second-order valence-corrected chi connectivity index (χ2v) is 5.75. The van der Waals surface area contributed by atoms with Gasteiger partial charge in [0.15, 0.2) is 5.82 Å². The minimum atomic E-state index is -0.147. The van der Waals surface area contributed by atoms with Gasteiger partial charge in [0.2, 0.25) is 0 Å². The molecule has 1 saturated carbocycles. The van der Waals surface area contributed by atoms with Crippen molar-refractivity contribution in [2.75, 3.05) is 6.54 Å². The molecule has 0 bridgehead atoms.